The van der Waals surface area contributed by atoms with Crippen molar-refractivity contribution in [3.8, 4) is 0 Å². The van der Waals surface area contributed by atoms with E-state index in [-0.39, 0.29) is 0 Å². The SMILES string of the molecule is CC1=CC=C(C)C(C)=C(C)C=C1. The lowest BCUT2D eigenvalue weighted by Crippen LogP contribution is -1.86. The first kappa shape index (κ1) is 9.05. The zero-order valence-corrected chi connectivity index (χ0v) is 8.31. The summed E-state index contributed by atoms with van der Waals surface area (Å²) in [4.78, 5) is 0. The molecule has 1 aliphatic rings. The Bertz CT molecular complexity index is 296. The van der Waals surface area contributed by atoms with Crippen LogP contribution in [0.25, 0.3) is 0 Å². The van der Waals surface area contributed by atoms with E-state index >= 15 is 0 Å². The summed E-state index contributed by atoms with van der Waals surface area (Å²) in [5.74, 6) is 0. The van der Waals surface area contributed by atoms with Gasteiger partial charge >= 0.3 is 0 Å². The molecule has 0 saturated heterocycles. The zero-order valence-electron chi connectivity index (χ0n) is 8.31. The summed E-state index contributed by atoms with van der Waals surface area (Å²) in [5.41, 5.74) is 5.41. The van der Waals surface area contributed by atoms with E-state index in [9.17, 15) is 0 Å². The van der Waals surface area contributed by atoms with Gasteiger partial charge in [0.2, 0.25) is 0 Å². The van der Waals surface area contributed by atoms with Crippen LogP contribution in [-0.2, 0) is 0 Å². The van der Waals surface area contributed by atoms with E-state index in [2.05, 4.69) is 52.0 Å². The molecule has 0 aromatic rings. The van der Waals surface area contributed by atoms with Gasteiger partial charge in [-0.1, -0.05) is 29.9 Å². The molecule has 0 aromatic carbocycles. The molecule has 0 aliphatic heterocycles. The van der Waals surface area contributed by atoms with E-state index in [4.69, 9.17) is 0 Å². The molecule has 0 bridgehead atoms. The van der Waals surface area contributed by atoms with Crippen LogP contribution in [-0.4, -0.2) is 0 Å². The van der Waals surface area contributed by atoms with Crippen molar-refractivity contribution in [2.75, 3.05) is 0 Å². The first-order valence-electron chi connectivity index (χ1n) is 4.32. The van der Waals surface area contributed by atoms with Crippen LogP contribution >= 0.6 is 0 Å². The van der Waals surface area contributed by atoms with Gasteiger partial charge in [0, 0.05) is 0 Å². The molecule has 0 heterocycles. The average Bonchev–Trinajstić information content (AvgIpc) is 2.07. The minimum absolute atomic E-state index is 1.31. The lowest BCUT2D eigenvalue weighted by Gasteiger charge is -2.06. The summed E-state index contributed by atoms with van der Waals surface area (Å²) >= 11 is 0. The van der Waals surface area contributed by atoms with Gasteiger partial charge < -0.3 is 0 Å². The minimum atomic E-state index is 1.31. The summed E-state index contributed by atoms with van der Waals surface area (Å²) in [6, 6.07) is 0. The highest BCUT2D eigenvalue weighted by Crippen LogP contribution is 2.17. The number of hydrogen-bond donors (Lipinski definition) is 0. The Morgan fingerprint density at radius 1 is 0.833 bits per heavy atom. The summed E-state index contributed by atoms with van der Waals surface area (Å²) in [5, 5.41) is 0. The molecule has 0 nitrogen and oxygen atoms in total. The lowest BCUT2D eigenvalue weighted by molar-refractivity contribution is 1.26. The molecule has 12 heavy (non-hydrogen) atoms. The van der Waals surface area contributed by atoms with Crippen molar-refractivity contribution in [3.63, 3.8) is 0 Å². The van der Waals surface area contributed by atoms with Crippen LogP contribution in [0.1, 0.15) is 27.7 Å². The predicted molar refractivity (Wildman–Crippen MR) is 55.0 cm³/mol. The Balaban J connectivity index is 3.12. The Morgan fingerprint density at radius 3 is 2.17 bits per heavy atom. The number of hydrogen-bond acceptors (Lipinski definition) is 0. The van der Waals surface area contributed by atoms with Gasteiger partial charge in [0.1, 0.15) is 0 Å². The fourth-order valence-corrected chi connectivity index (χ4v) is 1.13. The van der Waals surface area contributed by atoms with Gasteiger partial charge in [-0.25, -0.2) is 0 Å². The van der Waals surface area contributed by atoms with Crippen LogP contribution in [0.5, 0.6) is 0 Å². The summed E-state index contributed by atoms with van der Waals surface area (Å²) in [7, 11) is 0. The van der Waals surface area contributed by atoms with Crippen LogP contribution < -0.4 is 0 Å². The van der Waals surface area contributed by atoms with Crippen molar-refractivity contribution in [1.29, 1.82) is 0 Å². The van der Waals surface area contributed by atoms with E-state index in [0.29, 0.717) is 0 Å². The predicted octanol–water partition coefficient (Wildman–Crippen LogP) is 3.79. The van der Waals surface area contributed by atoms with Crippen molar-refractivity contribution >= 4 is 0 Å². The van der Waals surface area contributed by atoms with Gasteiger partial charge in [0.15, 0.2) is 0 Å². The van der Waals surface area contributed by atoms with Crippen LogP contribution in [0, 0.1) is 0 Å². The number of rotatable bonds is 0. The highest BCUT2D eigenvalue weighted by atomic mass is 14.0. The second-order valence-electron chi connectivity index (χ2n) is 3.40. The molecule has 64 valence electrons. The molecule has 0 spiro atoms. The minimum Gasteiger partial charge on any atom is -0.0591 e. The van der Waals surface area contributed by atoms with Gasteiger partial charge in [0.25, 0.3) is 0 Å². The average molecular weight is 160 g/mol. The van der Waals surface area contributed by atoms with Crippen LogP contribution in [0.15, 0.2) is 46.6 Å². The molecule has 0 fully saturated rings. The van der Waals surface area contributed by atoms with Gasteiger partial charge in [-0.3, -0.25) is 0 Å². The van der Waals surface area contributed by atoms with Gasteiger partial charge in [-0.15, -0.1) is 0 Å². The van der Waals surface area contributed by atoms with Crippen molar-refractivity contribution in [3.05, 3.63) is 46.6 Å². The maximum atomic E-state index is 2.18. The van der Waals surface area contributed by atoms with E-state index in [1.165, 1.54) is 22.3 Å². The molecule has 0 heteroatoms. The second-order valence-corrected chi connectivity index (χ2v) is 3.40. The van der Waals surface area contributed by atoms with Gasteiger partial charge in [-0.05, 0) is 44.4 Å². The monoisotopic (exact) mass is 160 g/mol. The molecule has 0 radical (unpaired) electrons. The molecule has 0 unspecified atom stereocenters. The van der Waals surface area contributed by atoms with Crippen LogP contribution in [0.3, 0.4) is 0 Å². The highest BCUT2D eigenvalue weighted by molar-refractivity contribution is 5.43. The fraction of sp³-hybridized carbons (Fsp3) is 0.333. The Morgan fingerprint density at radius 2 is 1.50 bits per heavy atom. The third-order valence-electron chi connectivity index (χ3n) is 2.38. The molecule has 0 aromatic heterocycles. The van der Waals surface area contributed by atoms with Crippen LogP contribution in [0.4, 0.5) is 0 Å². The van der Waals surface area contributed by atoms with Gasteiger partial charge in [-0.2, -0.15) is 0 Å². The lowest BCUT2D eigenvalue weighted by atomic mass is 10.00. The zero-order chi connectivity index (χ0) is 9.14. The molecular weight excluding hydrogens is 144 g/mol. The summed E-state index contributed by atoms with van der Waals surface area (Å²) < 4.78 is 0. The molecule has 0 atom stereocenters. The molecule has 1 rings (SSSR count). The maximum Gasteiger partial charge on any atom is -0.0392 e. The molecule has 0 saturated carbocycles. The normalized spacial score (nSPS) is 18.3. The third kappa shape index (κ3) is 1.97. The largest absolute Gasteiger partial charge is 0.0591 e. The molecular formula is C12H16. The maximum absolute atomic E-state index is 2.18. The quantitative estimate of drug-likeness (QED) is 0.506. The second kappa shape index (κ2) is 3.57. The smallest absolute Gasteiger partial charge is 0.0392 e. The Hall–Kier alpha value is -1.04. The summed E-state index contributed by atoms with van der Waals surface area (Å²) in [6.45, 7) is 8.59. The molecule has 1 aliphatic carbocycles. The van der Waals surface area contributed by atoms with Crippen molar-refractivity contribution in [2.45, 2.75) is 27.7 Å². The van der Waals surface area contributed by atoms with Crippen LogP contribution in [0.2, 0.25) is 0 Å². The van der Waals surface area contributed by atoms with E-state index in [1.54, 1.807) is 0 Å². The van der Waals surface area contributed by atoms with Gasteiger partial charge in [0.05, 0.1) is 0 Å². The third-order valence-corrected chi connectivity index (χ3v) is 2.38. The van der Waals surface area contributed by atoms with Crippen molar-refractivity contribution < 1.29 is 0 Å². The van der Waals surface area contributed by atoms with E-state index in [0.717, 1.165) is 0 Å². The van der Waals surface area contributed by atoms with Crippen molar-refractivity contribution in [1.82, 2.24) is 0 Å². The topological polar surface area (TPSA) is 0 Å². The Labute approximate surface area is 75.0 Å². The summed E-state index contributed by atoms with van der Waals surface area (Å²) in [6.07, 6.45) is 8.67. The highest BCUT2D eigenvalue weighted by Gasteiger charge is 1.97. The molecule has 0 N–H and O–H groups in total. The van der Waals surface area contributed by atoms with E-state index in [1.807, 2.05) is 0 Å². The first-order valence-corrected chi connectivity index (χ1v) is 4.32. The van der Waals surface area contributed by atoms with Crippen molar-refractivity contribution in [2.24, 2.45) is 0 Å². The Kier molecular flexibility index (Phi) is 2.69. The standard InChI is InChI=1S/C12H16/c1-9-5-7-10(2)12(4)11(3)8-6-9/h5-8H,1-4H3. The first-order chi connectivity index (χ1) is 5.61. The van der Waals surface area contributed by atoms with E-state index < -0.39 is 0 Å². The number of allylic oxidation sites excluding steroid dienone is 8. The molecule has 0 amide bonds. The fourth-order valence-electron chi connectivity index (χ4n) is 1.13.